The first kappa shape index (κ1) is 16.6. The molecule has 2 atom stereocenters. The predicted molar refractivity (Wildman–Crippen MR) is 87.2 cm³/mol. The number of hydrogen-bond donors (Lipinski definition) is 2. The van der Waals surface area contributed by atoms with Gasteiger partial charge in [-0.3, -0.25) is 4.79 Å². The van der Waals surface area contributed by atoms with Gasteiger partial charge in [0.1, 0.15) is 12.4 Å². The van der Waals surface area contributed by atoms with E-state index >= 15 is 0 Å². The Morgan fingerprint density at radius 2 is 2.25 bits per heavy atom. The number of carboxylic acids is 1. The summed E-state index contributed by atoms with van der Waals surface area (Å²) in [6.45, 7) is 2.00. The van der Waals surface area contributed by atoms with Crippen LogP contribution < -0.4 is 10.1 Å². The molecule has 0 saturated carbocycles. The van der Waals surface area contributed by atoms with Crippen LogP contribution in [0.3, 0.4) is 0 Å². The minimum Gasteiger partial charge on any atom is -0.491 e. The van der Waals surface area contributed by atoms with Gasteiger partial charge in [-0.1, -0.05) is 6.07 Å². The van der Waals surface area contributed by atoms with E-state index in [4.69, 9.17) is 14.6 Å². The summed E-state index contributed by atoms with van der Waals surface area (Å²) in [5.74, 6) is -0.653. The number of hydrogen-bond acceptors (Lipinski definition) is 4. The number of ether oxygens (including phenoxy) is 2. The SMILES string of the molecule is O=C(O)C1CCN(C(=O)Nc2cccc(OCC3CCCO3)c2)C1. The Hall–Kier alpha value is -2.28. The first-order valence-electron chi connectivity index (χ1n) is 8.25. The Balaban J connectivity index is 1.52. The lowest BCUT2D eigenvalue weighted by molar-refractivity contribution is -0.141. The highest BCUT2D eigenvalue weighted by Crippen LogP contribution is 2.21. The number of nitrogens with zero attached hydrogens (tertiary/aromatic N) is 1. The fraction of sp³-hybridized carbons (Fsp3) is 0.529. The molecule has 0 bridgehead atoms. The van der Waals surface area contributed by atoms with E-state index in [2.05, 4.69) is 5.32 Å². The number of carbonyl (C=O) groups excluding carboxylic acids is 1. The molecular weight excluding hydrogens is 312 g/mol. The minimum absolute atomic E-state index is 0.140. The maximum Gasteiger partial charge on any atom is 0.321 e. The maximum absolute atomic E-state index is 12.2. The molecule has 3 rings (SSSR count). The molecule has 0 aliphatic carbocycles. The largest absolute Gasteiger partial charge is 0.491 e. The van der Waals surface area contributed by atoms with E-state index in [9.17, 15) is 9.59 Å². The van der Waals surface area contributed by atoms with Gasteiger partial charge in [-0.05, 0) is 31.4 Å². The van der Waals surface area contributed by atoms with Crippen LogP contribution in [0, 0.1) is 5.92 Å². The third-order valence-corrected chi connectivity index (χ3v) is 4.37. The van der Waals surface area contributed by atoms with Crippen LogP contribution >= 0.6 is 0 Å². The number of aliphatic carboxylic acids is 1. The molecule has 24 heavy (non-hydrogen) atoms. The Morgan fingerprint density at radius 3 is 2.96 bits per heavy atom. The smallest absolute Gasteiger partial charge is 0.321 e. The van der Waals surface area contributed by atoms with Gasteiger partial charge in [-0.25, -0.2) is 4.79 Å². The molecule has 2 amide bonds. The van der Waals surface area contributed by atoms with Gasteiger partial charge in [-0.2, -0.15) is 0 Å². The van der Waals surface area contributed by atoms with Gasteiger partial charge in [0.15, 0.2) is 0 Å². The quantitative estimate of drug-likeness (QED) is 0.862. The van der Waals surface area contributed by atoms with Crippen LogP contribution in [0.2, 0.25) is 0 Å². The van der Waals surface area contributed by atoms with Crippen molar-refractivity contribution in [1.82, 2.24) is 4.90 Å². The minimum atomic E-state index is -0.852. The summed E-state index contributed by atoms with van der Waals surface area (Å²) in [5, 5.41) is 11.8. The van der Waals surface area contributed by atoms with Crippen LogP contribution in [-0.2, 0) is 9.53 Å². The molecule has 7 heteroatoms. The van der Waals surface area contributed by atoms with Crippen molar-refractivity contribution < 1.29 is 24.2 Å². The van der Waals surface area contributed by atoms with E-state index in [1.54, 1.807) is 12.1 Å². The predicted octanol–water partition coefficient (Wildman–Crippen LogP) is 2.18. The second kappa shape index (κ2) is 7.53. The van der Waals surface area contributed by atoms with Gasteiger partial charge in [0, 0.05) is 31.5 Å². The maximum atomic E-state index is 12.2. The highest BCUT2D eigenvalue weighted by atomic mass is 16.5. The zero-order valence-electron chi connectivity index (χ0n) is 13.4. The number of rotatable bonds is 5. The Morgan fingerprint density at radius 1 is 1.38 bits per heavy atom. The van der Waals surface area contributed by atoms with Crippen LogP contribution in [-0.4, -0.2) is 54.4 Å². The third kappa shape index (κ3) is 4.17. The zero-order valence-corrected chi connectivity index (χ0v) is 13.4. The van der Waals surface area contributed by atoms with Gasteiger partial charge >= 0.3 is 12.0 Å². The van der Waals surface area contributed by atoms with E-state index in [-0.39, 0.29) is 18.7 Å². The van der Waals surface area contributed by atoms with Crippen molar-refractivity contribution in [3.05, 3.63) is 24.3 Å². The number of benzene rings is 1. The Kier molecular flexibility index (Phi) is 5.20. The summed E-state index contributed by atoms with van der Waals surface area (Å²) in [6, 6.07) is 6.90. The number of amides is 2. The van der Waals surface area contributed by atoms with Crippen molar-refractivity contribution in [3.8, 4) is 5.75 Å². The molecule has 7 nitrogen and oxygen atoms in total. The standard InChI is InChI=1S/C17H22N2O5/c20-16(21)12-6-7-19(10-12)17(22)18-13-3-1-4-14(9-13)24-11-15-5-2-8-23-15/h1,3-4,9,12,15H,2,5-8,10-11H2,(H,18,22)(H,20,21). The zero-order chi connectivity index (χ0) is 16.9. The number of carboxylic acid groups (broad SMARTS) is 1. The molecule has 2 N–H and O–H groups in total. The second-order valence-corrected chi connectivity index (χ2v) is 6.17. The molecule has 2 unspecified atom stereocenters. The van der Waals surface area contributed by atoms with E-state index in [0.717, 1.165) is 19.4 Å². The highest BCUT2D eigenvalue weighted by molar-refractivity contribution is 5.90. The highest BCUT2D eigenvalue weighted by Gasteiger charge is 2.30. The molecule has 1 aromatic rings. The van der Waals surface area contributed by atoms with Gasteiger partial charge in [0.05, 0.1) is 12.0 Å². The van der Waals surface area contributed by atoms with Gasteiger partial charge < -0.3 is 24.8 Å². The molecule has 2 heterocycles. The van der Waals surface area contributed by atoms with E-state index in [1.807, 2.05) is 12.1 Å². The Bertz CT molecular complexity index is 600. The van der Waals surface area contributed by atoms with Crippen molar-refractivity contribution in [3.63, 3.8) is 0 Å². The third-order valence-electron chi connectivity index (χ3n) is 4.37. The molecule has 130 valence electrons. The first-order chi connectivity index (χ1) is 11.6. The average Bonchev–Trinajstić information content (AvgIpc) is 3.25. The number of likely N-dealkylation sites (tertiary alicyclic amines) is 1. The van der Waals surface area contributed by atoms with Crippen LogP contribution in [0.5, 0.6) is 5.75 Å². The monoisotopic (exact) mass is 334 g/mol. The fourth-order valence-electron chi connectivity index (χ4n) is 2.98. The molecule has 2 fully saturated rings. The lowest BCUT2D eigenvalue weighted by Gasteiger charge is -2.17. The number of nitrogens with one attached hydrogen (secondary N) is 1. The summed E-state index contributed by atoms with van der Waals surface area (Å²) < 4.78 is 11.2. The molecular formula is C17H22N2O5. The van der Waals surface area contributed by atoms with Crippen LogP contribution in [0.25, 0.3) is 0 Å². The van der Waals surface area contributed by atoms with Crippen molar-refractivity contribution >= 4 is 17.7 Å². The average molecular weight is 334 g/mol. The topological polar surface area (TPSA) is 88.1 Å². The normalized spacial score (nSPS) is 23.2. The molecule has 2 saturated heterocycles. The summed E-state index contributed by atoms with van der Waals surface area (Å²) in [4.78, 5) is 24.7. The summed E-state index contributed by atoms with van der Waals surface area (Å²) in [7, 11) is 0. The summed E-state index contributed by atoms with van der Waals surface area (Å²) >= 11 is 0. The lowest BCUT2D eigenvalue weighted by atomic mass is 10.1. The molecule has 2 aliphatic rings. The first-order valence-corrected chi connectivity index (χ1v) is 8.25. The van der Waals surface area contributed by atoms with Crippen molar-refractivity contribution in [2.24, 2.45) is 5.92 Å². The molecule has 0 aromatic heterocycles. The van der Waals surface area contributed by atoms with Crippen LogP contribution in [0.15, 0.2) is 24.3 Å². The van der Waals surface area contributed by atoms with Crippen LogP contribution in [0.4, 0.5) is 10.5 Å². The lowest BCUT2D eigenvalue weighted by Crippen LogP contribution is -2.33. The summed E-state index contributed by atoms with van der Waals surface area (Å²) in [6.07, 6.45) is 2.71. The van der Waals surface area contributed by atoms with Gasteiger partial charge in [0.2, 0.25) is 0 Å². The number of urea groups is 1. The van der Waals surface area contributed by atoms with Crippen molar-refractivity contribution in [2.75, 3.05) is 31.6 Å². The molecule has 1 aromatic carbocycles. The van der Waals surface area contributed by atoms with E-state index in [0.29, 0.717) is 31.0 Å². The molecule has 0 spiro atoms. The summed E-state index contributed by atoms with van der Waals surface area (Å²) in [5.41, 5.74) is 0.628. The molecule has 2 aliphatic heterocycles. The van der Waals surface area contributed by atoms with Crippen LogP contribution in [0.1, 0.15) is 19.3 Å². The Labute approximate surface area is 140 Å². The number of anilines is 1. The van der Waals surface area contributed by atoms with E-state index < -0.39 is 11.9 Å². The fourth-order valence-corrected chi connectivity index (χ4v) is 2.98. The molecule has 0 radical (unpaired) electrons. The number of carbonyl (C=O) groups is 2. The van der Waals surface area contributed by atoms with Gasteiger partial charge in [-0.15, -0.1) is 0 Å². The van der Waals surface area contributed by atoms with E-state index in [1.165, 1.54) is 4.90 Å². The van der Waals surface area contributed by atoms with Gasteiger partial charge in [0.25, 0.3) is 0 Å². The van der Waals surface area contributed by atoms with Crippen molar-refractivity contribution in [1.29, 1.82) is 0 Å². The second-order valence-electron chi connectivity index (χ2n) is 6.17. The van der Waals surface area contributed by atoms with Crippen molar-refractivity contribution in [2.45, 2.75) is 25.4 Å².